The highest BCUT2D eigenvalue weighted by Crippen LogP contribution is 2.33. The summed E-state index contributed by atoms with van der Waals surface area (Å²) in [6, 6.07) is 12.8. The molecule has 0 spiro atoms. The number of hydrogen-bond donors (Lipinski definition) is 1. The van der Waals surface area contributed by atoms with E-state index in [4.69, 9.17) is 16.0 Å². The number of benzene rings is 1. The zero-order valence-corrected chi connectivity index (χ0v) is 16.5. The van der Waals surface area contributed by atoms with Crippen molar-refractivity contribution in [2.24, 2.45) is 0 Å². The fraction of sp³-hybridized carbons (Fsp3) is 0.381. The molecular weight excluding hydrogens is 354 g/mol. The van der Waals surface area contributed by atoms with Gasteiger partial charge in [0.1, 0.15) is 10.6 Å². The lowest BCUT2D eigenvalue weighted by Crippen LogP contribution is -2.42. The van der Waals surface area contributed by atoms with Gasteiger partial charge in [0.25, 0.3) is 0 Å². The van der Waals surface area contributed by atoms with E-state index < -0.39 is 0 Å². The van der Waals surface area contributed by atoms with Gasteiger partial charge in [-0.25, -0.2) is 9.97 Å². The molecule has 2 N–H and O–H groups in total. The van der Waals surface area contributed by atoms with Crippen LogP contribution in [0.1, 0.15) is 43.6 Å². The summed E-state index contributed by atoms with van der Waals surface area (Å²) in [5.74, 6) is 1.07. The Morgan fingerprint density at radius 2 is 2.00 bits per heavy atom. The molecule has 2 atom stereocenters. The maximum atomic E-state index is 9.12. The quantitative estimate of drug-likeness (QED) is 0.723. The average Bonchev–Trinajstić information content (AvgIpc) is 3.08. The van der Waals surface area contributed by atoms with E-state index in [2.05, 4.69) is 35.9 Å². The van der Waals surface area contributed by atoms with Crippen LogP contribution < -0.4 is 5.73 Å². The zero-order chi connectivity index (χ0) is 19.0. The Bertz CT molecular complexity index is 1010. The monoisotopic (exact) mass is 377 g/mol. The SMILES string of the molecule is CC1CCC[C@@H](C)N1Cc1cc2c(N)nc(-c3cccc(C#N)c3)nc2s1. The second-order valence-corrected chi connectivity index (χ2v) is 8.47. The fourth-order valence-electron chi connectivity index (χ4n) is 3.89. The van der Waals surface area contributed by atoms with Crippen LogP contribution in [0.3, 0.4) is 0 Å². The Morgan fingerprint density at radius 1 is 1.22 bits per heavy atom. The van der Waals surface area contributed by atoms with Gasteiger partial charge >= 0.3 is 0 Å². The van der Waals surface area contributed by atoms with Crippen molar-refractivity contribution >= 4 is 27.4 Å². The van der Waals surface area contributed by atoms with Crippen molar-refractivity contribution in [1.29, 1.82) is 5.26 Å². The number of piperidine rings is 1. The number of nitrogens with two attached hydrogens (primary N) is 1. The van der Waals surface area contributed by atoms with E-state index in [1.165, 1.54) is 24.1 Å². The summed E-state index contributed by atoms with van der Waals surface area (Å²) in [6.45, 7) is 5.57. The predicted molar refractivity (Wildman–Crippen MR) is 110 cm³/mol. The van der Waals surface area contributed by atoms with E-state index in [9.17, 15) is 0 Å². The van der Waals surface area contributed by atoms with Gasteiger partial charge in [0.15, 0.2) is 5.82 Å². The lowest BCUT2D eigenvalue weighted by Gasteiger charge is -2.38. The Hall–Kier alpha value is -2.49. The molecule has 0 aliphatic carbocycles. The number of nitriles is 1. The molecule has 1 aliphatic rings. The second kappa shape index (κ2) is 7.26. The van der Waals surface area contributed by atoms with E-state index in [-0.39, 0.29) is 0 Å². The summed E-state index contributed by atoms with van der Waals surface area (Å²) in [4.78, 5) is 14.0. The van der Waals surface area contributed by atoms with Gasteiger partial charge in [-0.2, -0.15) is 5.26 Å². The third kappa shape index (κ3) is 3.53. The van der Waals surface area contributed by atoms with Crippen molar-refractivity contribution in [2.75, 3.05) is 5.73 Å². The third-order valence-electron chi connectivity index (χ3n) is 5.44. The summed E-state index contributed by atoms with van der Waals surface area (Å²) in [7, 11) is 0. The second-order valence-electron chi connectivity index (χ2n) is 7.36. The van der Waals surface area contributed by atoms with E-state index >= 15 is 0 Å². The predicted octanol–water partition coefficient (Wildman–Crippen LogP) is 4.58. The van der Waals surface area contributed by atoms with Crippen molar-refractivity contribution in [3.05, 3.63) is 40.8 Å². The number of fused-ring (bicyclic) bond motifs is 1. The Balaban J connectivity index is 1.68. The Kier molecular flexibility index (Phi) is 4.81. The summed E-state index contributed by atoms with van der Waals surface area (Å²) in [6.07, 6.45) is 3.84. The lowest BCUT2D eigenvalue weighted by molar-refractivity contribution is 0.0965. The van der Waals surface area contributed by atoms with Crippen molar-refractivity contribution in [2.45, 2.75) is 51.7 Å². The van der Waals surface area contributed by atoms with E-state index in [1.54, 1.807) is 23.5 Å². The van der Waals surface area contributed by atoms with Crippen LogP contribution in [0.15, 0.2) is 30.3 Å². The van der Waals surface area contributed by atoms with E-state index in [1.807, 2.05) is 12.1 Å². The van der Waals surface area contributed by atoms with Crippen molar-refractivity contribution in [1.82, 2.24) is 14.9 Å². The van der Waals surface area contributed by atoms with E-state index in [0.29, 0.717) is 29.3 Å². The third-order valence-corrected chi connectivity index (χ3v) is 6.45. The maximum Gasteiger partial charge on any atom is 0.163 e. The minimum Gasteiger partial charge on any atom is -0.383 e. The number of rotatable bonds is 3. The van der Waals surface area contributed by atoms with Gasteiger partial charge in [0, 0.05) is 29.1 Å². The van der Waals surface area contributed by atoms with Gasteiger partial charge in [-0.3, -0.25) is 4.90 Å². The standard InChI is InChI=1S/C21H23N5S/c1-13-5-3-6-14(2)26(13)12-17-10-18-19(23)24-20(25-21(18)27-17)16-8-4-7-15(9-16)11-22/h4,7-10,13-14H,3,5-6,12H2,1-2H3,(H2,23,24,25)/t13-,14?/m1/s1. The molecule has 1 saturated heterocycles. The van der Waals surface area contributed by atoms with Gasteiger partial charge < -0.3 is 5.73 Å². The molecule has 0 amide bonds. The highest BCUT2D eigenvalue weighted by molar-refractivity contribution is 7.18. The molecule has 1 aromatic carbocycles. The largest absolute Gasteiger partial charge is 0.383 e. The molecule has 0 radical (unpaired) electrons. The van der Waals surface area contributed by atoms with Crippen LogP contribution in [0, 0.1) is 11.3 Å². The normalized spacial score (nSPS) is 20.6. The number of aromatic nitrogens is 2. The highest BCUT2D eigenvalue weighted by Gasteiger charge is 2.25. The molecule has 0 bridgehead atoms. The fourth-order valence-corrected chi connectivity index (χ4v) is 4.94. The van der Waals surface area contributed by atoms with Gasteiger partial charge in [0.05, 0.1) is 17.0 Å². The first-order valence-corrected chi connectivity index (χ1v) is 10.2. The molecule has 4 rings (SSSR count). The first kappa shape index (κ1) is 17.9. The maximum absolute atomic E-state index is 9.12. The van der Waals surface area contributed by atoms with Crippen molar-refractivity contribution in [3.8, 4) is 17.5 Å². The van der Waals surface area contributed by atoms with Crippen LogP contribution in [0.5, 0.6) is 0 Å². The lowest BCUT2D eigenvalue weighted by atomic mass is 9.97. The van der Waals surface area contributed by atoms with Gasteiger partial charge in [-0.05, 0) is 44.9 Å². The molecule has 3 aromatic rings. The summed E-state index contributed by atoms with van der Waals surface area (Å²) < 4.78 is 0. The zero-order valence-electron chi connectivity index (χ0n) is 15.6. The number of nitrogen functional groups attached to an aromatic ring is 1. The number of thiophene rings is 1. The molecule has 1 fully saturated rings. The van der Waals surface area contributed by atoms with Gasteiger partial charge in [-0.15, -0.1) is 11.3 Å². The minimum atomic E-state index is 0.500. The summed E-state index contributed by atoms with van der Waals surface area (Å²) in [5.41, 5.74) is 7.65. The first-order chi connectivity index (χ1) is 13.0. The molecule has 6 heteroatoms. The first-order valence-electron chi connectivity index (χ1n) is 9.37. The number of anilines is 1. The highest BCUT2D eigenvalue weighted by atomic mass is 32.1. The summed E-state index contributed by atoms with van der Waals surface area (Å²) in [5, 5.41) is 10.0. The Morgan fingerprint density at radius 3 is 2.74 bits per heavy atom. The average molecular weight is 378 g/mol. The van der Waals surface area contributed by atoms with Crippen LogP contribution >= 0.6 is 11.3 Å². The molecule has 0 saturated carbocycles. The molecule has 1 aliphatic heterocycles. The van der Waals surface area contributed by atoms with Crippen LogP contribution in [0.4, 0.5) is 5.82 Å². The van der Waals surface area contributed by atoms with Crippen molar-refractivity contribution in [3.63, 3.8) is 0 Å². The Labute approximate surface area is 163 Å². The van der Waals surface area contributed by atoms with Crippen LogP contribution in [-0.4, -0.2) is 27.0 Å². The van der Waals surface area contributed by atoms with Crippen LogP contribution in [0.25, 0.3) is 21.6 Å². The van der Waals surface area contributed by atoms with Crippen LogP contribution in [-0.2, 0) is 6.54 Å². The van der Waals surface area contributed by atoms with Gasteiger partial charge in [-0.1, -0.05) is 18.6 Å². The van der Waals surface area contributed by atoms with Crippen molar-refractivity contribution < 1.29 is 0 Å². The molecular formula is C21H23N5S. The molecule has 3 heterocycles. The molecule has 2 aromatic heterocycles. The number of likely N-dealkylation sites (tertiary alicyclic amines) is 1. The number of nitrogens with zero attached hydrogens (tertiary/aromatic N) is 4. The molecule has 27 heavy (non-hydrogen) atoms. The van der Waals surface area contributed by atoms with Gasteiger partial charge in [0.2, 0.25) is 0 Å². The smallest absolute Gasteiger partial charge is 0.163 e. The van der Waals surface area contributed by atoms with Crippen LogP contribution in [0.2, 0.25) is 0 Å². The molecule has 138 valence electrons. The minimum absolute atomic E-state index is 0.500. The number of hydrogen-bond acceptors (Lipinski definition) is 6. The van der Waals surface area contributed by atoms with E-state index in [0.717, 1.165) is 22.3 Å². The topological polar surface area (TPSA) is 78.8 Å². The molecule has 5 nitrogen and oxygen atoms in total. The molecule has 1 unspecified atom stereocenters. The summed E-state index contributed by atoms with van der Waals surface area (Å²) >= 11 is 1.69.